The zero-order valence-corrected chi connectivity index (χ0v) is 5.57. The van der Waals surface area contributed by atoms with Crippen LogP contribution in [-0.2, 0) is 9.59 Å². The molecule has 0 radical (unpaired) electrons. The molecule has 3 N–H and O–H groups in total. The van der Waals surface area contributed by atoms with E-state index in [2.05, 4.69) is 5.32 Å². The SMILES string of the molecule is O=C1NC(C(=O)O)CC1=CO. The van der Waals surface area contributed by atoms with Crippen molar-refractivity contribution in [1.82, 2.24) is 5.32 Å². The molecule has 1 aliphatic heterocycles. The topological polar surface area (TPSA) is 86.6 Å². The second kappa shape index (κ2) is 2.61. The maximum Gasteiger partial charge on any atom is 0.326 e. The molecule has 0 aromatic carbocycles. The summed E-state index contributed by atoms with van der Waals surface area (Å²) in [5.41, 5.74) is 0.109. The number of aliphatic hydroxyl groups is 1. The molecule has 1 aliphatic rings. The molecule has 1 rings (SSSR count). The molecule has 1 fully saturated rings. The lowest BCUT2D eigenvalue weighted by Gasteiger charge is -1.99. The van der Waals surface area contributed by atoms with Crippen molar-refractivity contribution in [2.24, 2.45) is 0 Å². The predicted octanol–water partition coefficient (Wildman–Crippen LogP) is -0.599. The van der Waals surface area contributed by atoms with E-state index >= 15 is 0 Å². The average molecular weight is 157 g/mol. The second-order valence-electron chi connectivity index (χ2n) is 2.22. The Morgan fingerprint density at radius 1 is 1.73 bits per heavy atom. The second-order valence-corrected chi connectivity index (χ2v) is 2.22. The van der Waals surface area contributed by atoms with E-state index in [-0.39, 0.29) is 12.0 Å². The lowest BCUT2D eigenvalue weighted by atomic mass is 10.2. The highest BCUT2D eigenvalue weighted by atomic mass is 16.4. The molecule has 11 heavy (non-hydrogen) atoms. The highest BCUT2D eigenvalue weighted by Crippen LogP contribution is 2.13. The molecule has 5 nitrogen and oxygen atoms in total. The smallest absolute Gasteiger partial charge is 0.326 e. The summed E-state index contributed by atoms with van der Waals surface area (Å²) in [5.74, 6) is -1.60. The van der Waals surface area contributed by atoms with Gasteiger partial charge in [0, 0.05) is 6.42 Å². The summed E-state index contributed by atoms with van der Waals surface area (Å²) in [6, 6.07) is -0.888. The van der Waals surface area contributed by atoms with Crippen molar-refractivity contribution in [3.05, 3.63) is 11.8 Å². The molecule has 0 aromatic heterocycles. The molecule has 0 spiro atoms. The number of carbonyl (C=O) groups excluding carboxylic acids is 1. The summed E-state index contributed by atoms with van der Waals surface area (Å²) in [6.45, 7) is 0. The monoisotopic (exact) mass is 157 g/mol. The van der Waals surface area contributed by atoms with Crippen molar-refractivity contribution in [2.45, 2.75) is 12.5 Å². The van der Waals surface area contributed by atoms with Crippen LogP contribution in [0.15, 0.2) is 11.8 Å². The third-order valence-electron chi connectivity index (χ3n) is 1.47. The van der Waals surface area contributed by atoms with Crippen molar-refractivity contribution in [3.63, 3.8) is 0 Å². The number of aliphatic carboxylic acids is 1. The molecule has 5 heteroatoms. The van der Waals surface area contributed by atoms with Crippen LogP contribution in [0.25, 0.3) is 0 Å². The fourth-order valence-corrected chi connectivity index (χ4v) is 0.875. The van der Waals surface area contributed by atoms with Gasteiger partial charge in [-0.25, -0.2) is 4.79 Å². The van der Waals surface area contributed by atoms with E-state index in [9.17, 15) is 9.59 Å². The Kier molecular flexibility index (Phi) is 1.80. The Balaban J connectivity index is 2.72. The van der Waals surface area contributed by atoms with Gasteiger partial charge in [0.15, 0.2) is 0 Å². The first kappa shape index (κ1) is 7.59. The van der Waals surface area contributed by atoms with Crippen molar-refractivity contribution in [3.8, 4) is 0 Å². The van der Waals surface area contributed by atoms with Crippen LogP contribution in [0, 0.1) is 0 Å². The molecule has 1 unspecified atom stereocenters. The number of aliphatic hydroxyl groups excluding tert-OH is 1. The standard InChI is InChI=1S/C6H7NO4/c8-2-3-1-4(6(10)11)7-5(3)9/h2,4,8H,1H2,(H,7,9)(H,10,11). The molecular weight excluding hydrogens is 150 g/mol. The van der Waals surface area contributed by atoms with Gasteiger partial charge in [-0.3, -0.25) is 4.79 Å². The molecular formula is C6H7NO4. The van der Waals surface area contributed by atoms with E-state index in [1.54, 1.807) is 0 Å². The Morgan fingerprint density at radius 2 is 2.36 bits per heavy atom. The molecule has 0 bridgehead atoms. The van der Waals surface area contributed by atoms with Crippen molar-refractivity contribution >= 4 is 11.9 Å². The Hall–Kier alpha value is -1.52. The molecule has 0 aliphatic carbocycles. The van der Waals surface area contributed by atoms with Crippen LogP contribution in [-0.4, -0.2) is 28.1 Å². The normalized spacial score (nSPS) is 27.1. The Morgan fingerprint density at radius 3 is 2.64 bits per heavy atom. The van der Waals surface area contributed by atoms with E-state index in [1.807, 2.05) is 0 Å². The number of hydrogen-bond donors (Lipinski definition) is 3. The minimum atomic E-state index is -1.09. The van der Waals surface area contributed by atoms with Crippen LogP contribution < -0.4 is 5.32 Å². The molecule has 60 valence electrons. The lowest BCUT2D eigenvalue weighted by Crippen LogP contribution is -2.32. The maximum atomic E-state index is 10.7. The van der Waals surface area contributed by atoms with Crippen LogP contribution in [0.2, 0.25) is 0 Å². The van der Waals surface area contributed by atoms with Crippen LogP contribution in [0.3, 0.4) is 0 Å². The van der Waals surface area contributed by atoms with Crippen LogP contribution in [0.1, 0.15) is 6.42 Å². The van der Waals surface area contributed by atoms with Gasteiger partial charge in [-0.05, 0) is 0 Å². The van der Waals surface area contributed by atoms with E-state index < -0.39 is 17.9 Å². The van der Waals surface area contributed by atoms with Gasteiger partial charge in [-0.1, -0.05) is 0 Å². The van der Waals surface area contributed by atoms with Crippen molar-refractivity contribution in [2.75, 3.05) is 0 Å². The summed E-state index contributed by atoms with van der Waals surface area (Å²) < 4.78 is 0. The van der Waals surface area contributed by atoms with Gasteiger partial charge in [0.1, 0.15) is 6.04 Å². The number of hydrogen-bond acceptors (Lipinski definition) is 3. The summed E-state index contributed by atoms with van der Waals surface area (Å²) in [7, 11) is 0. The van der Waals surface area contributed by atoms with Crippen LogP contribution >= 0.6 is 0 Å². The summed E-state index contributed by atoms with van der Waals surface area (Å²) in [6.07, 6.45) is 0.683. The summed E-state index contributed by atoms with van der Waals surface area (Å²) in [5, 5.41) is 19.0. The van der Waals surface area contributed by atoms with Crippen LogP contribution in [0.4, 0.5) is 0 Å². The van der Waals surface area contributed by atoms with E-state index in [0.717, 1.165) is 0 Å². The zero-order valence-electron chi connectivity index (χ0n) is 5.57. The maximum absolute atomic E-state index is 10.7. The number of nitrogens with one attached hydrogen (secondary N) is 1. The quantitative estimate of drug-likeness (QED) is 0.350. The highest BCUT2D eigenvalue weighted by Gasteiger charge is 2.31. The summed E-state index contributed by atoms with van der Waals surface area (Å²) >= 11 is 0. The lowest BCUT2D eigenvalue weighted by molar-refractivity contribution is -0.140. The highest BCUT2D eigenvalue weighted by molar-refractivity contribution is 5.99. The molecule has 1 saturated heterocycles. The minimum Gasteiger partial charge on any atom is -0.515 e. The zero-order chi connectivity index (χ0) is 8.43. The van der Waals surface area contributed by atoms with Gasteiger partial charge >= 0.3 is 5.97 Å². The molecule has 0 saturated carbocycles. The van der Waals surface area contributed by atoms with Gasteiger partial charge in [0.25, 0.3) is 5.91 Å². The number of carboxylic acid groups (broad SMARTS) is 1. The molecule has 0 aromatic rings. The number of carbonyl (C=O) groups is 2. The van der Waals surface area contributed by atoms with Gasteiger partial charge in [-0.2, -0.15) is 0 Å². The Bertz CT molecular complexity index is 233. The fraction of sp³-hybridized carbons (Fsp3) is 0.333. The summed E-state index contributed by atoms with van der Waals surface area (Å²) in [4.78, 5) is 21.0. The first-order valence-electron chi connectivity index (χ1n) is 3.02. The number of amides is 1. The first-order chi connectivity index (χ1) is 5.15. The van der Waals surface area contributed by atoms with Gasteiger partial charge in [0.05, 0.1) is 11.8 Å². The molecule has 1 heterocycles. The molecule has 1 atom stereocenters. The third-order valence-corrected chi connectivity index (χ3v) is 1.47. The largest absolute Gasteiger partial charge is 0.515 e. The Labute approximate surface area is 62.3 Å². The third kappa shape index (κ3) is 1.31. The van der Waals surface area contributed by atoms with Gasteiger partial charge in [0.2, 0.25) is 0 Å². The van der Waals surface area contributed by atoms with E-state index in [0.29, 0.717) is 6.26 Å². The minimum absolute atomic E-state index is 0.0463. The number of carboxylic acids is 1. The van der Waals surface area contributed by atoms with E-state index in [1.165, 1.54) is 0 Å². The van der Waals surface area contributed by atoms with Crippen molar-refractivity contribution in [1.29, 1.82) is 0 Å². The average Bonchev–Trinajstić information content (AvgIpc) is 2.31. The van der Waals surface area contributed by atoms with Crippen molar-refractivity contribution < 1.29 is 19.8 Å². The fourth-order valence-electron chi connectivity index (χ4n) is 0.875. The predicted molar refractivity (Wildman–Crippen MR) is 34.9 cm³/mol. The number of rotatable bonds is 1. The molecule has 1 amide bonds. The van der Waals surface area contributed by atoms with Gasteiger partial charge in [-0.15, -0.1) is 0 Å². The first-order valence-corrected chi connectivity index (χ1v) is 3.02. The van der Waals surface area contributed by atoms with E-state index in [4.69, 9.17) is 10.2 Å². The van der Waals surface area contributed by atoms with Gasteiger partial charge < -0.3 is 15.5 Å². The van der Waals surface area contributed by atoms with Crippen LogP contribution in [0.5, 0.6) is 0 Å².